The van der Waals surface area contributed by atoms with E-state index in [0.29, 0.717) is 68.2 Å². The highest BCUT2D eigenvalue weighted by Gasteiger charge is 2.50. The summed E-state index contributed by atoms with van der Waals surface area (Å²) in [6.45, 7) is 25.6. The van der Waals surface area contributed by atoms with Gasteiger partial charge >= 0.3 is 0 Å². The molecule has 3 aliphatic rings. The molecule has 3 aromatic rings. The molecule has 11 nitrogen and oxygen atoms in total. The molecule has 6 rings (SSSR count). The minimum Gasteiger partial charge on any atom is -0.490 e. The van der Waals surface area contributed by atoms with Crippen LogP contribution in [0.2, 0.25) is 16.6 Å². The van der Waals surface area contributed by atoms with Crippen LogP contribution in [0.5, 0.6) is 5.75 Å². The average molecular weight is 923 g/mol. The van der Waals surface area contributed by atoms with Crippen molar-refractivity contribution in [2.75, 3.05) is 64.6 Å². The van der Waals surface area contributed by atoms with E-state index in [-0.39, 0.29) is 35.2 Å². The highest BCUT2D eigenvalue weighted by molar-refractivity contribution is 7.91. The first-order valence-electron chi connectivity index (χ1n) is 23.9. The van der Waals surface area contributed by atoms with Crippen molar-refractivity contribution in [3.63, 3.8) is 0 Å². The van der Waals surface area contributed by atoms with Crippen LogP contribution in [0.4, 0.5) is 5.69 Å². The molecule has 0 bridgehead atoms. The summed E-state index contributed by atoms with van der Waals surface area (Å²) in [5.74, 6) is 0.673. The number of benzene rings is 3. The van der Waals surface area contributed by atoms with Crippen molar-refractivity contribution in [2.24, 2.45) is 5.92 Å². The van der Waals surface area contributed by atoms with E-state index in [1.165, 1.54) is 0 Å². The molecule has 3 aliphatic heterocycles. The van der Waals surface area contributed by atoms with Crippen LogP contribution in [0.1, 0.15) is 115 Å². The maximum absolute atomic E-state index is 15.1. The van der Waals surface area contributed by atoms with Crippen LogP contribution in [-0.4, -0.2) is 101 Å². The summed E-state index contributed by atoms with van der Waals surface area (Å²) in [5, 5.41) is 3.65. The van der Waals surface area contributed by atoms with Crippen molar-refractivity contribution in [3.05, 3.63) is 89.0 Å². The summed E-state index contributed by atoms with van der Waals surface area (Å²) in [4.78, 5) is 2.47. The second kappa shape index (κ2) is 23.2. The van der Waals surface area contributed by atoms with Crippen molar-refractivity contribution in [2.45, 2.75) is 152 Å². The highest BCUT2D eigenvalue weighted by Crippen LogP contribution is 2.47. The van der Waals surface area contributed by atoms with Crippen molar-refractivity contribution in [1.29, 1.82) is 0 Å². The zero-order valence-electron chi connectivity index (χ0n) is 40.3. The van der Waals surface area contributed by atoms with E-state index in [9.17, 15) is 0 Å². The van der Waals surface area contributed by atoms with Crippen molar-refractivity contribution >= 4 is 23.8 Å². The molecule has 3 heterocycles. The van der Waals surface area contributed by atoms with E-state index in [4.69, 9.17) is 32.8 Å². The highest BCUT2D eigenvalue weighted by atomic mass is 32.2. The van der Waals surface area contributed by atoms with Gasteiger partial charge in [0, 0.05) is 51.8 Å². The van der Waals surface area contributed by atoms with Crippen molar-refractivity contribution in [3.8, 4) is 5.75 Å². The molecule has 3 aromatic carbocycles. The normalized spacial score (nSPS) is 22.4. The quantitative estimate of drug-likeness (QED) is 0.0768. The molecule has 0 saturated carbocycles. The smallest absolute Gasteiger partial charge is 0.209 e. The summed E-state index contributed by atoms with van der Waals surface area (Å²) < 4.78 is 74.7. The zero-order chi connectivity index (χ0) is 46.0. The van der Waals surface area contributed by atoms with Crippen molar-refractivity contribution < 1.29 is 41.3 Å². The first-order chi connectivity index (χ1) is 30.6. The Labute approximate surface area is 386 Å². The van der Waals surface area contributed by atoms with Gasteiger partial charge in [-0.15, -0.1) is 0 Å². The fourth-order valence-electron chi connectivity index (χ4n) is 10.1. The van der Waals surface area contributed by atoms with Gasteiger partial charge in [-0.3, -0.25) is 0 Å². The largest absolute Gasteiger partial charge is 0.490 e. The second-order valence-corrected chi connectivity index (χ2v) is 26.7. The summed E-state index contributed by atoms with van der Waals surface area (Å²) in [5.41, 5.74) is 4.30. The number of sulfone groups is 1. The lowest BCUT2D eigenvalue weighted by Gasteiger charge is -2.49. The number of fused-ring (bicyclic) bond motifs is 1. The van der Waals surface area contributed by atoms with E-state index >= 15 is 8.42 Å². The first-order valence-corrected chi connectivity index (χ1v) is 27.6. The molecule has 0 aliphatic carbocycles. The SMILES string of the molecule is COCCCN1CCOc2ccc(C(O[C@H]3CNC[C@@H](O[Si](C(C)C)(C(C)C)C(C)C)[C@@H]3c3ccc(COC[C@@H](C)[C@H](C)OC4CCCCO4)cc3)S(=O)(=O)c3ccc(C)cc3)cc21. The van der Waals surface area contributed by atoms with Gasteiger partial charge in [0.15, 0.2) is 11.7 Å². The second-order valence-electron chi connectivity index (χ2n) is 19.3. The predicted molar refractivity (Wildman–Crippen MR) is 258 cm³/mol. The van der Waals surface area contributed by atoms with Crippen LogP contribution < -0.4 is 15.0 Å². The standard InChI is InChI=1S/C51H78N2O9SSi/c1-35(2)64(36(3)4,37(5)6)62-48-32-52-31-47(50(48)42-19-17-41(18-20-42)34-57-33-39(8)40(9)60-49-14-11-12-28-59-49)61-51(63(54,55)44-22-15-38(7)16-23-44)43-21-24-46-45(30-43)53(26-29-58-46)25-13-27-56-10/h15-24,30,35-37,39-40,47-52H,11-14,25-29,31-34H2,1-10H3/t39-,40+,47+,48-,49?,50-,51?/m1/s1. The zero-order valence-corrected chi connectivity index (χ0v) is 42.2. The monoisotopic (exact) mass is 923 g/mol. The number of nitrogens with zero attached hydrogens (tertiary/aromatic N) is 1. The molecule has 0 amide bonds. The minimum absolute atomic E-state index is 0.0190. The molecule has 64 heavy (non-hydrogen) atoms. The predicted octanol–water partition coefficient (Wildman–Crippen LogP) is 10.1. The van der Waals surface area contributed by atoms with Crippen LogP contribution in [0.3, 0.4) is 0 Å². The number of aryl methyl sites for hydroxylation is 1. The summed E-state index contributed by atoms with van der Waals surface area (Å²) in [6.07, 6.45) is 3.09. The molecule has 0 radical (unpaired) electrons. The molecule has 2 fully saturated rings. The molecule has 0 spiro atoms. The van der Waals surface area contributed by atoms with E-state index in [2.05, 4.69) is 89.9 Å². The average Bonchev–Trinajstić information content (AvgIpc) is 3.27. The Bertz CT molecular complexity index is 1970. The number of nitrogens with one attached hydrogen (secondary N) is 1. The van der Waals surface area contributed by atoms with Gasteiger partial charge in [0.05, 0.1) is 48.7 Å². The Balaban J connectivity index is 1.33. The minimum atomic E-state index is -4.07. The van der Waals surface area contributed by atoms with Gasteiger partial charge in [-0.05, 0) is 97.1 Å². The number of piperidine rings is 1. The third kappa shape index (κ3) is 12.2. The Morgan fingerprint density at radius 3 is 2.20 bits per heavy atom. The van der Waals surface area contributed by atoms with Crippen LogP contribution >= 0.6 is 0 Å². The van der Waals surface area contributed by atoms with E-state index in [0.717, 1.165) is 67.0 Å². The fourth-order valence-corrected chi connectivity index (χ4v) is 17.3. The Kier molecular flexibility index (Phi) is 18.4. The third-order valence-electron chi connectivity index (χ3n) is 13.8. The Hall–Kier alpha value is -2.85. The molecule has 2 unspecified atom stereocenters. The fraction of sp³-hybridized carbons (Fsp3) is 0.647. The maximum Gasteiger partial charge on any atom is 0.209 e. The summed E-state index contributed by atoms with van der Waals surface area (Å²) in [7, 11) is -4.76. The molecule has 2 saturated heterocycles. The lowest BCUT2D eigenvalue weighted by atomic mass is 9.85. The number of ether oxygens (including phenoxy) is 6. The van der Waals surface area contributed by atoms with Gasteiger partial charge < -0.3 is 43.1 Å². The van der Waals surface area contributed by atoms with Crippen LogP contribution in [0.25, 0.3) is 0 Å². The van der Waals surface area contributed by atoms with Crippen LogP contribution in [0, 0.1) is 12.8 Å². The number of rotatable bonds is 22. The number of hydrogen-bond donors (Lipinski definition) is 1. The van der Waals surface area contributed by atoms with E-state index in [1.54, 1.807) is 19.2 Å². The lowest BCUT2D eigenvalue weighted by molar-refractivity contribution is -0.196. The van der Waals surface area contributed by atoms with E-state index in [1.807, 2.05) is 37.3 Å². The molecular formula is C51H78N2O9SSi. The lowest BCUT2D eigenvalue weighted by Crippen LogP contribution is -2.58. The van der Waals surface area contributed by atoms with Gasteiger partial charge in [0.25, 0.3) is 0 Å². The number of methoxy groups -OCH3 is 1. The van der Waals surface area contributed by atoms with Crippen LogP contribution in [-0.2, 0) is 44.6 Å². The maximum atomic E-state index is 15.1. The van der Waals surface area contributed by atoms with Crippen molar-refractivity contribution in [1.82, 2.24) is 5.32 Å². The third-order valence-corrected chi connectivity index (χ3v) is 21.8. The molecule has 13 heteroatoms. The van der Waals surface area contributed by atoms with E-state index < -0.39 is 29.7 Å². The first kappa shape index (κ1) is 50.6. The molecular weight excluding hydrogens is 845 g/mol. The topological polar surface area (TPSA) is 114 Å². The Morgan fingerprint density at radius 2 is 1.55 bits per heavy atom. The molecule has 356 valence electrons. The molecule has 1 N–H and O–H groups in total. The molecule has 7 atom stereocenters. The van der Waals surface area contributed by atoms with Gasteiger partial charge in [0.2, 0.25) is 18.2 Å². The molecule has 0 aromatic heterocycles. The Morgan fingerprint density at radius 1 is 0.844 bits per heavy atom. The number of anilines is 1. The van der Waals surface area contributed by atoms with Crippen LogP contribution in [0.15, 0.2) is 71.6 Å². The summed E-state index contributed by atoms with van der Waals surface area (Å²) >= 11 is 0. The summed E-state index contributed by atoms with van der Waals surface area (Å²) in [6, 6.07) is 21.4. The van der Waals surface area contributed by atoms with Gasteiger partial charge in [0.1, 0.15) is 12.4 Å². The van der Waals surface area contributed by atoms with Gasteiger partial charge in [-0.25, -0.2) is 8.42 Å². The number of hydrogen-bond acceptors (Lipinski definition) is 11. The van der Waals surface area contributed by atoms with Gasteiger partial charge in [-0.1, -0.05) is 96.5 Å². The van der Waals surface area contributed by atoms with Gasteiger partial charge in [-0.2, -0.15) is 0 Å².